The molecule has 0 aromatic heterocycles. The van der Waals surface area contributed by atoms with Gasteiger partial charge in [-0.05, 0) is 36.1 Å². The maximum Gasteiger partial charge on any atom is 0.390 e. The van der Waals surface area contributed by atoms with E-state index in [0.717, 1.165) is 22.4 Å². The van der Waals surface area contributed by atoms with Crippen LogP contribution in [0.3, 0.4) is 0 Å². The quantitative estimate of drug-likeness (QED) is 0.599. The van der Waals surface area contributed by atoms with E-state index >= 15 is 0 Å². The number of alkyl halides is 3. The Morgan fingerprint density at radius 1 is 1.00 bits per heavy atom. The predicted octanol–water partition coefficient (Wildman–Crippen LogP) is 5.62. The lowest BCUT2D eigenvalue weighted by Crippen LogP contribution is -2.46. The number of piperazine rings is 1. The molecular formula is C22H29Cl2F3N2O. The van der Waals surface area contributed by atoms with E-state index < -0.39 is 18.6 Å². The van der Waals surface area contributed by atoms with Gasteiger partial charge in [-0.2, -0.15) is 13.2 Å². The zero-order valence-corrected chi connectivity index (χ0v) is 18.8. The summed E-state index contributed by atoms with van der Waals surface area (Å²) in [5.41, 5.74) is 3.50. The molecule has 2 aromatic carbocycles. The summed E-state index contributed by atoms with van der Waals surface area (Å²) in [4.78, 5) is 1.93. The second kappa shape index (κ2) is 11.8. The summed E-state index contributed by atoms with van der Waals surface area (Å²) in [6.07, 6.45) is -5.05. The lowest BCUT2D eigenvalue weighted by Gasteiger charge is -2.36. The number of halogens is 5. The Kier molecular flexibility index (Phi) is 10.4. The largest absolute Gasteiger partial charge is 0.488 e. The Morgan fingerprint density at radius 3 is 2.10 bits per heavy atom. The maximum atomic E-state index is 13.3. The number of nitrogens with one attached hydrogen (secondary N) is 1. The number of rotatable bonds is 6. The van der Waals surface area contributed by atoms with Gasteiger partial charge in [0.05, 0.1) is 6.42 Å². The van der Waals surface area contributed by atoms with Crippen molar-refractivity contribution in [2.75, 3.05) is 26.2 Å². The van der Waals surface area contributed by atoms with Gasteiger partial charge in [0.15, 0.2) is 0 Å². The van der Waals surface area contributed by atoms with Gasteiger partial charge in [0.25, 0.3) is 0 Å². The molecule has 1 aliphatic rings. The molecule has 30 heavy (non-hydrogen) atoms. The molecule has 0 saturated carbocycles. The first kappa shape index (κ1) is 26.6. The van der Waals surface area contributed by atoms with Gasteiger partial charge in [-0.15, -0.1) is 24.8 Å². The molecule has 0 aliphatic carbocycles. The summed E-state index contributed by atoms with van der Waals surface area (Å²) in [6.45, 7) is 6.90. The van der Waals surface area contributed by atoms with Crippen LogP contribution in [0.2, 0.25) is 0 Å². The average molecular weight is 465 g/mol. The van der Waals surface area contributed by atoms with Crippen LogP contribution in [0.1, 0.15) is 34.7 Å². The van der Waals surface area contributed by atoms with Crippen molar-refractivity contribution < 1.29 is 17.9 Å². The van der Waals surface area contributed by atoms with Gasteiger partial charge in [-0.3, -0.25) is 4.90 Å². The summed E-state index contributed by atoms with van der Waals surface area (Å²) < 4.78 is 45.8. The minimum absolute atomic E-state index is 0. The van der Waals surface area contributed by atoms with E-state index in [1.54, 1.807) is 0 Å². The smallest absolute Gasteiger partial charge is 0.390 e. The summed E-state index contributed by atoms with van der Waals surface area (Å²) in [5, 5.41) is 3.21. The molecule has 0 amide bonds. The number of hydrogen-bond donors (Lipinski definition) is 1. The molecular weight excluding hydrogens is 436 g/mol. The first-order valence-corrected chi connectivity index (χ1v) is 9.63. The van der Waals surface area contributed by atoms with Crippen molar-refractivity contribution in [2.24, 2.45) is 0 Å². The molecule has 0 unspecified atom stereocenters. The lowest BCUT2D eigenvalue weighted by molar-refractivity contribution is -0.148. The maximum absolute atomic E-state index is 13.3. The Bertz CT molecular complexity index is 759. The molecule has 2 aromatic rings. The van der Waals surface area contributed by atoms with Crippen molar-refractivity contribution in [2.45, 2.75) is 39.1 Å². The van der Waals surface area contributed by atoms with E-state index in [4.69, 9.17) is 4.74 Å². The zero-order chi connectivity index (χ0) is 20.1. The van der Waals surface area contributed by atoms with Crippen molar-refractivity contribution >= 4 is 24.8 Å². The van der Waals surface area contributed by atoms with Crippen LogP contribution < -0.4 is 10.1 Å². The van der Waals surface area contributed by atoms with Crippen LogP contribution in [0.25, 0.3) is 0 Å². The zero-order valence-electron chi connectivity index (χ0n) is 17.2. The summed E-state index contributed by atoms with van der Waals surface area (Å²) in [7, 11) is 0. The van der Waals surface area contributed by atoms with Gasteiger partial charge < -0.3 is 10.1 Å². The molecule has 168 valence electrons. The minimum atomic E-state index is -4.21. The highest BCUT2D eigenvalue weighted by Crippen LogP contribution is 2.37. The number of ether oxygens (including phenoxy) is 1. The van der Waals surface area contributed by atoms with Crippen LogP contribution in [0, 0.1) is 13.8 Å². The van der Waals surface area contributed by atoms with Crippen LogP contribution in [-0.2, 0) is 6.61 Å². The summed E-state index contributed by atoms with van der Waals surface area (Å²) >= 11 is 0. The topological polar surface area (TPSA) is 24.5 Å². The Balaban J connectivity index is 0.00000225. The van der Waals surface area contributed by atoms with Gasteiger partial charge in [-0.1, -0.05) is 42.5 Å². The molecule has 3 nitrogen and oxygen atoms in total. The molecule has 3 rings (SSSR count). The van der Waals surface area contributed by atoms with E-state index in [9.17, 15) is 13.2 Å². The highest BCUT2D eigenvalue weighted by molar-refractivity contribution is 5.85. The standard InChI is InChI=1S/C22H27F3N2O.2ClH/c1-16-12-19(20(14-22(23,24)25)27-10-8-26-9-11-27)13-17(2)21(16)28-15-18-6-4-3-5-7-18;;/h3-7,12-13,20,26H,8-11,14-15H2,1-2H3;2*1H/t20-;;/m0../s1. The Hall–Kier alpha value is -1.47. The number of nitrogens with zero attached hydrogens (tertiary/aromatic N) is 1. The van der Waals surface area contributed by atoms with Gasteiger partial charge in [0, 0.05) is 32.2 Å². The third-order valence-corrected chi connectivity index (χ3v) is 5.11. The molecule has 1 saturated heterocycles. The van der Waals surface area contributed by atoms with E-state index in [2.05, 4.69) is 5.32 Å². The normalized spacial score (nSPS) is 15.6. The fourth-order valence-electron chi connectivity index (χ4n) is 3.80. The van der Waals surface area contributed by atoms with Crippen molar-refractivity contribution in [3.63, 3.8) is 0 Å². The highest BCUT2D eigenvalue weighted by Gasteiger charge is 2.36. The third kappa shape index (κ3) is 7.34. The van der Waals surface area contributed by atoms with Crippen molar-refractivity contribution in [1.29, 1.82) is 0 Å². The molecule has 0 bridgehead atoms. The highest BCUT2D eigenvalue weighted by atomic mass is 35.5. The van der Waals surface area contributed by atoms with Gasteiger partial charge in [-0.25, -0.2) is 0 Å². The average Bonchev–Trinajstić information content (AvgIpc) is 2.66. The predicted molar refractivity (Wildman–Crippen MR) is 119 cm³/mol. The molecule has 0 radical (unpaired) electrons. The first-order chi connectivity index (χ1) is 13.3. The number of hydrogen-bond acceptors (Lipinski definition) is 3. The molecule has 0 spiro atoms. The number of benzene rings is 2. The van der Waals surface area contributed by atoms with Crippen LogP contribution in [0.15, 0.2) is 42.5 Å². The first-order valence-electron chi connectivity index (χ1n) is 9.63. The van der Waals surface area contributed by atoms with Crippen LogP contribution in [0.5, 0.6) is 5.75 Å². The third-order valence-electron chi connectivity index (χ3n) is 5.11. The van der Waals surface area contributed by atoms with E-state index in [1.807, 2.05) is 61.2 Å². The molecule has 1 fully saturated rings. The number of aryl methyl sites for hydroxylation is 2. The van der Waals surface area contributed by atoms with Crippen molar-refractivity contribution in [3.05, 3.63) is 64.7 Å². The van der Waals surface area contributed by atoms with Gasteiger partial charge >= 0.3 is 6.18 Å². The van der Waals surface area contributed by atoms with E-state index in [0.29, 0.717) is 38.3 Å². The van der Waals surface area contributed by atoms with E-state index in [1.165, 1.54) is 0 Å². The van der Waals surface area contributed by atoms with Gasteiger partial charge in [0.1, 0.15) is 12.4 Å². The monoisotopic (exact) mass is 464 g/mol. The van der Waals surface area contributed by atoms with Gasteiger partial charge in [0.2, 0.25) is 0 Å². The minimum Gasteiger partial charge on any atom is -0.488 e. The van der Waals surface area contributed by atoms with Crippen LogP contribution in [0.4, 0.5) is 13.2 Å². The fourth-order valence-corrected chi connectivity index (χ4v) is 3.80. The molecule has 1 N–H and O–H groups in total. The fraction of sp³-hybridized carbons (Fsp3) is 0.455. The Morgan fingerprint density at radius 2 is 1.57 bits per heavy atom. The lowest BCUT2D eigenvalue weighted by atomic mass is 9.96. The Labute approximate surface area is 188 Å². The molecule has 1 heterocycles. The van der Waals surface area contributed by atoms with Crippen molar-refractivity contribution in [3.8, 4) is 5.75 Å². The van der Waals surface area contributed by atoms with Crippen LogP contribution in [-0.4, -0.2) is 37.3 Å². The summed E-state index contributed by atoms with van der Waals surface area (Å²) in [6, 6.07) is 12.9. The second-order valence-electron chi connectivity index (χ2n) is 7.38. The summed E-state index contributed by atoms with van der Waals surface area (Å²) in [5.74, 6) is 0.749. The molecule has 8 heteroatoms. The molecule has 1 aliphatic heterocycles. The second-order valence-corrected chi connectivity index (χ2v) is 7.38. The SMILES string of the molecule is Cc1cc([C@H](CC(F)(F)F)N2CCNCC2)cc(C)c1OCc1ccccc1.Cl.Cl. The van der Waals surface area contributed by atoms with Crippen LogP contribution >= 0.6 is 24.8 Å². The molecule has 1 atom stereocenters. The van der Waals surface area contributed by atoms with Crippen molar-refractivity contribution in [1.82, 2.24) is 10.2 Å². The van der Waals surface area contributed by atoms with E-state index in [-0.39, 0.29) is 24.8 Å².